The molecule has 0 aliphatic carbocycles. The third-order valence-electron chi connectivity index (χ3n) is 3.06. The quantitative estimate of drug-likeness (QED) is 0.599. The molecule has 1 aliphatic rings. The van der Waals surface area contributed by atoms with Crippen LogP contribution >= 0.6 is 0 Å². The molecule has 1 aliphatic heterocycles. The SMILES string of the molecule is CCCCCCC1(CCC)OCCCO1. The highest BCUT2D eigenvalue weighted by molar-refractivity contribution is 4.72. The number of rotatable bonds is 7. The van der Waals surface area contributed by atoms with Crippen molar-refractivity contribution in [3.63, 3.8) is 0 Å². The minimum Gasteiger partial charge on any atom is -0.350 e. The van der Waals surface area contributed by atoms with Gasteiger partial charge in [-0.25, -0.2) is 0 Å². The molecule has 0 radical (unpaired) electrons. The van der Waals surface area contributed by atoms with Crippen molar-refractivity contribution in [1.82, 2.24) is 0 Å². The van der Waals surface area contributed by atoms with Gasteiger partial charge in [-0.2, -0.15) is 0 Å². The molecule has 0 aromatic rings. The Morgan fingerprint density at radius 1 is 0.867 bits per heavy atom. The largest absolute Gasteiger partial charge is 0.350 e. The van der Waals surface area contributed by atoms with E-state index in [1.807, 2.05) is 0 Å². The van der Waals surface area contributed by atoms with Crippen LogP contribution in [0.5, 0.6) is 0 Å². The van der Waals surface area contributed by atoms with Crippen LogP contribution < -0.4 is 0 Å². The normalized spacial score (nSPS) is 20.4. The second-order valence-electron chi connectivity index (χ2n) is 4.52. The number of unbranched alkanes of at least 4 members (excludes halogenated alkanes) is 3. The van der Waals surface area contributed by atoms with Crippen LogP contribution in [0.2, 0.25) is 0 Å². The Balaban J connectivity index is 2.28. The summed E-state index contributed by atoms with van der Waals surface area (Å²) in [6.45, 7) is 6.21. The second kappa shape index (κ2) is 7.24. The molecular formula is C13H26O2. The Morgan fingerprint density at radius 2 is 1.60 bits per heavy atom. The van der Waals surface area contributed by atoms with Gasteiger partial charge in [0.2, 0.25) is 0 Å². The lowest BCUT2D eigenvalue weighted by Crippen LogP contribution is -2.40. The van der Waals surface area contributed by atoms with E-state index in [1.165, 1.54) is 25.7 Å². The summed E-state index contributed by atoms with van der Waals surface area (Å²) in [5.74, 6) is -0.221. The molecule has 0 atom stereocenters. The van der Waals surface area contributed by atoms with E-state index in [0.29, 0.717) is 0 Å². The van der Waals surface area contributed by atoms with Crippen molar-refractivity contribution in [2.24, 2.45) is 0 Å². The van der Waals surface area contributed by atoms with Crippen molar-refractivity contribution in [3.05, 3.63) is 0 Å². The molecule has 15 heavy (non-hydrogen) atoms. The van der Waals surface area contributed by atoms with E-state index in [-0.39, 0.29) is 5.79 Å². The molecule has 0 aromatic carbocycles. The minimum absolute atomic E-state index is 0.221. The van der Waals surface area contributed by atoms with Gasteiger partial charge in [0.15, 0.2) is 5.79 Å². The third-order valence-corrected chi connectivity index (χ3v) is 3.06. The Kier molecular flexibility index (Phi) is 6.26. The molecule has 2 nitrogen and oxygen atoms in total. The lowest BCUT2D eigenvalue weighted by atomic mass is 10.0. The number of hydrogen-bond acceptors (Lipinski definition) is 2. The van der Waals surface area contributed by atoms with Gasteiger partial charge < -0.3 is 9.47 Å². The van der Waals surface area contributed by atoms with Crippen LogP contribution in [0.1, 0.15) is 65.2 Å². The van der Waals surface area contributed by atoms with Crippen LogP contribution in [0, 0.1) is 0 Å². The Labute approximate surface area is 94.3 Å². The first-order valence-corrected chi connectivity index (χ1v) is 6.61. The molecule has 1 heterocycles. The Hall–Kier alpha value is -0.0800. The van der Waals surface area contributed by atoms with Crippen molar-refractivity contribution >= 4 is 0 Å². The van der Waals surface area contributed by atoms with Gasteiger partial charge in [-0.3, -0.25) is 0 Å². The molecule has 90 valence electrons. The van der Waals surface area contributed by atoms with Gasteiger partial charge in [0.1, 0.15) is 0 Å². The maximum atomic E-state index is 5.86. The zero-order valence-corrected chi connectivity index (χ0v) is 10.4. The highest BCUT2D eigenvalue weighted by Crippen LogP contribution is 2.30. The van der Waals surface area contributed by atoms with E-state index in [1.54, 1.807) is 0 Å². The molecule has 0 aromatic heterocycles. The summed E-state index contributed by atoms with van der Waals surface area (Å²) in [4.78, 5) is 0. The molecule has 1 rings (SSSR count). The average molecular weight is 214 g/mol. The number of ether oxygens (including phenoxy) is 2. The molecule has 0 amide bonds. The predicted molar refractivity (Wildman–Crippen MR) is 62.9 cm³/mol. The topological polar surface area (TPSA) is 18.5 Å². The summed E-state index contributed by atoms with van der Waals surface area (Å²) in [5.41, 5.74) is 0. The summed E-state index contributed by atoms with van der Waals surface area (Å²) >= 11 is 0. The lowest BCUT2D eigenvalue weighted by molar-refractivity contribution is -0.274. The molecule has 0 N–H and O–H groups in total. The first kappa shape index (κ1) is 13.0. The van der Waals surface area contributed by atoms with Crippen molar-refractivity contribution in [3.8, 4) is 0 Å². The molecule has 0 bridgehead atoms. The van der Waals surface area contributed by atoms with E-state index in [9.17, 15) is 0 Å². The van der Waals surface area contributed by atoms with E-state index in [4.69, 9.17) is 9.47 Å². The van der Waals surface area contributed by atoms with Crippen LogP contribution in [-0.2, 0) is 9.47 Å². The molecule has 0 unspecified atom stereocenters. The molecular weight excluding hydrogens is 188 g/mol. The van der Waals surface area contributed by atoms with Crippen LogP contribution in [0.3, 0.4) is 0 Å². The zero-order chi connectivity index (χ0) is 11.0. The van der Waals surface area contributed by atoms with E-state index in [0.717, 1.165) is 38.9 Å². The zero-order valence-electron chi connectivity index (χ0n) is 10.4. The van der Waals surface area contributed by atoms with Gasteiger partial charge in [-0.05, 0) is 12.8 Å². The lowest BCUT2D eigenvalue weighted by Gasteiger charge is -2.37. The first-order valence-electron chi connectivity index (χ1n) is 6.61. The maximum Gasteiger partial charge on any atom is 0.168 e. The third kappa shape index (κ3) is 4.52. The maximum absolute atomic E-state index is 5.86. The average Bonchev–Trinajstić information content (AvgIpc) is 2.26. The van der Waals surface area contributed by atoms with Crippen LogP contribution in [0.4, 0.5) is 0 Å². The summed E-state index contributed by atoms with van der Waals surface area (Å²) in [7, 11) is 0. The van der Waals surface area contributed by atoms with Crippen LogP contribution in [0.15, 0.2) is 0 Å². The minimum atomic E-state index is -0.221. The Bertz CT molecular complexity index is 145. The monoisotopic (exact) mass is 214 g/mol. The summed E-state index contributed by atoms with van der Waals surface area (Å²) in [5, 5.41) is 0. The summed E-state index contributed by atoms with van der Waals surface area (Å²) < 4.78 is 11.7. The molecule has 0 saturated carbocycles. The van der Waals surface area contributed by atoms with Crippen molar-refractivity contribution in [2.45, 2.75) is 71.0 Å². The Morgan fingerprint density at radius 3 is 2.20 bits per heavy atom. The highest BCUT2D eigenvalue weighted by atomic mass is 16.7. The van der Waals surface area contributed by atoms with Gasteiger partial charge in [0, 0.05) is 12.8 Å². The van der Waals surface area contributed by atoms with Gasteiger partial charge in [-0.1, -0.05) is 39.5 Å². The fourth-order valence-corrected chi connectivity index (χ4v) is 2.23. The molecule has 2 heteroatoms. The predicted octanol–water partition coefficient (Wildman–Crippen LogP) is 3.89. The molecule has 1 fully saturated rings. The van der Waals surface area contributed by atoms with Gasteiger partial charge in [-0.15, -0.1) is 0 Å². The van der Waals surface area contributed by atoms with E-state index < -0.39 is 0 Å². The summed E-state index contributed by atoms with van der Waals surface area (Å²) in [6.07, 6.45) is 9.53. The van der Waals surface area contributed by atoms with E-state index in [2.05, 4.69) is 13.8 Å². The van der Waals surface area contributed by atoms with Crippen LogP contribution in [-0.4, -0.2) is 19.0 Å². The van der Waals surface area contributed by atoms with Crippen molar-refractivity contribution in [1.29, 1.82) is 0 Å². The summed E-state index contributed by atoms with van der Waals surface area (Å²) in [6, 6.07) is 0. The fourth-order valence-electron chi connectivity index (χ4n) is 2.23. The standard InChI is InChI=1S/C13H26O2/c1-3-5-6-7-10-13(9-4-2)14-11-8-12-15-13/h3-12H2,1-2H3. The van der Waals surface area contributed by atoms with Crippen molar-refractivity contribution < 1.29 is 9.47 Å². The van der Waals surface area contributed by atoms with Gasteiger partial charge >= 0.3 is 0 Å². The highest BCUT2D eigenvalue weighted by Gasteiger charge is 2.32. The molecule has 0 spiro atoms. The smallest absolute Gasteiger partial charge is 0.168 e. The van der Waals surface area contributed by atoms with Crippen molar-refractivity contribution in [2.75, 3.05) is 13.2 Å². The first-order chi connectivity index (χ1) is 7.33. The van der Waals surface area contributed by atoms with E-state index >= 15 is 0 Å². The second-order valence-corrected chi connectivity index (χ2v) is 4.52. The number of hydrogen-bond donors (Lipinski definition) is 0. The molecule has 1 saturated heterocycles. The fraction of sp³-hybridized carbons (Fsp3) is 1.00. The van der Waals surface area contributed by atoms with Gasteiger partial charge in [0.25, 0.3) is 0 Å². The van der Waals surface area contributed by atoms with Gasteiger partial charge in [0.05, 0.1) is 13.2 Å². The van der Waals surface area contributed by atoms with Crippen LogP contribution in [0.25, 0.3) is 0 Å².